The minimum atomic E-state index is -4.58. The molecule has 0 bridgehead atoms. The van der Waals surface area contributed by atoms with Gasteiger partial charge in [-0.15, -0.1) is 0 Å². The summed E-state index contributed by atoms with van der Waals surface area (Å²) >= 11 is 4.85. The number of hydrogen-bond donors (Lipinski definition) is 2. The van der Waals surface area contributed by atoms with Gasteiger partial charge in [-0.05, 0) is 30.9 Å². The maximum absolute atomic E-state index is 12.8. The second-order valence-electron chi connectivity index (χ2n) is 4.73. The van der Waals surface area contributed by atoms with E-state index in [1.165, 1.54) is 12.1 Å². The Kier molecular flexibility index (Phi) is 3.99. The van der Waals surface area contributed by atoms with Crippen LogP contribution in [0.4, 0.5) is 13.2 Å². The SMILES string of the molecule is NC(=S)C(NC(=O)c1ccccc1C(F)(F)F)C1CC1. The van der Waals surface area contributed by atoms with E-state index in [1.54, 1.807) is 0 Å². The smallest absolute Gasteiger partial charge is 0.392 e. The second kappa shape index (κ2) is 5.40. The lowest BCUT2D eigenvalue weighted by Gasteiger charge is -2.18. The molecular weight excluding hydrogens is 289 g/mol. The van der Waals surface area contributed by atoms with Crippen LogP contribution in [0.3, 0.4) is 0 Å². The monoisotopic (exact) mass is 302 g/mol. The summed E-state index contributed by atoms with van der Waals surface area (Å²) in [5.41, 5.74) is 4.14. The number of rotatable bonds is 4. The fourth-order valence-electron chi connectivity index (χ4n) is 2.00. The van der Waals surface area contributed by atoms with Crippen molar-refractivity contribution in [1.29, 1.82) is 0 Å². The molecule has 0 aliphatic heterocycles. The van der Waals surface area contributed by atoms with E-state index in [1.807, 2.05) is 0 Å². The summed E-state index contributed by atoms with van der Waals surface area (Å²) < 4.78 is 38.5. The van der Waals surface area contributed by atoms with Crippen LogP contribution in [0, 0.1) is 5.92 Å². The molecule has 0 saturated heterocycles. The van der Waals surface area contributed by atoms with Gasteiger partial charge in [0.05, 0.1) is 22.2 Å². The number of thiocarbonyl (C=S) groups is 1. The highest BCUT2D eigenvalue weighted by Crippen LogP contribution is 2.34. The Balaban J connectivity index is 2.23. The van der Waals surface area contributed by atoms with Crippen LogP contribution in [0.1, 0.15) is 28.8 Å². The van der Waals surface area contributed by atoms with Gasteiger partial charge in [0.2, 0.25) is 0 Å². The van der Waals surface area contributed by atoms with Crippen LogP contribution in [-0.2, 0) is 6.18 Å². The fraction of sp³-hybridized carbons (Fsp3) is 0.385. The van der Waals surface area contributed by atoms with E-state index in [0.717, 1.165) is 25.0 Å². The number of nitrogens with two attached hydrogens (primary N) is 1. The number of amides is 1. The number of carbonyl (C=O) groups excluding carboxylic acids is 1. The van der Waals surface area contributed by atoms with Gasteiger partial charge in [-0.1, -0.05) is 24.4 Å². The van der Waals surface area contributed by atoms with Crippen LogP contribution in [0.15, 0.2) is 24.3 Å². The van der Waals surface area contributed by atoms with Crippen molar-refractivity contribution in [3.63, 3.8) is 0 Å². The van der Waals surface area contributed by atoms with Crippen LogP contribution in [0.5, 0.6) is 0 Å². The molecule has 3 N–H and O–H groups in total. The zero-order valence-corrected chi connectivity index (χ0v) is 11.2. The Bertz CT molecular complexity index is 541. The van der Waals surface area contributed by atoms with Crippen molar-refractivity contribution >= 4 is 23.1 Å². The van der Waals surface area contributed by atoms with Crippen LogP contribution >= 0.6 is 12.2 Å². The predicted octanol–water partition coefficient (Wildman–Crippen LogP) is 2.50. The summed E-state index contributed by atoms with van der Waals surface area (Å²) in [5, 5.41) is 2.50. The molecule has 1 amide bonds. The molecular formula is C13H13F3N2OS. The van der Waals surface area contributed by atoms with Crippen LogP contribution in [0.2, 0.25) is 0 Å². The van der Waals surface area contributed by atoms with Gasteiger partial charge in [0.1, 0.15) is 0 Å². The Morgan fingerprint density at radius 3 is 2.45 bits per heavy atom. The molecule has 7 heteroatoms. The van der Waals surface area contributed by atoms with Crippen LogP contribution < -0.4 is 11.1 Å². The Hall–Kier alpha value is -1.63. The molecule has 2 rings (SSSR count). The van der Waals surface area contributed by atoms with Gasteiger partial charge in [0, 0.05) is 0 Å². The number of benzene rings is 1. The molecule has 1 unspecified atom stereocenters. The summed E-state index contributed by atoms with van der Waals surface area (Å²) in [5.74, 6) is -0.669. The highest BCUT2D eigenvalue weighted by molar-refractivity contribution is 7.80. The summed E-state index contributed by atoms with van der Waals surface area (Å²) in [6.07, 6.45) is -2.85. The minimum Gasteiger partial charge on any atom is -0.392 e. The molecule has 1 fully saturated rings. The van der Waals surface area contributed by atoms with Crippen molar-refractivity contribution in [2.24, 2.45) is 11.7 Å². The first-order valence-electron chi connectivity index (χ1n) is 6.07. The number of carbonyl (C=O) groups is 1. The van der Waals surface area contributed by atoms with Crippen molar-refractivity contribution in [3.8, 4) is 0 Å². The maximum atomic E-state index is 12.8. The fourth-order valence-corrected chi connectivity index (χ4v) is 2.25. The molecule has 1 aromatic carbocycles. The van der Waals surface area contributed by atoms with Crippen molar-refractivity contribution < 1.29 is 18.0 Å². The average Bonchev–Trinajstić information content (AvgIpc) is 3.18. The molecule has 1 saturated carbocycles. The third kappa shape index (κ3) is 3.27. The lowest BCUT2D eigenvalue weighted by molar-refractivity contribution is -0.137. The summed E-state index contributed by atoms with van der Waals surface area (Å²) in [6, 6.07) is 4.10. The minimum absolute atomic E-state index is 0.102. The van der Waals surface area contributed by atoms with E-state index < -0.39 is 29.3 Å². The van der Waals surface area contributed by atoms with Crippen molar-refractivity contribution in [2.45, 2.75) is 25.1 Å². The van der Waals surface area contributed by atoms with Gasteiger partial charge in [-0.25, -0.2) is 0 Å². The lowest BCUT2D eigenvalue weighted by Crippen LogP contribution is -2.45. The van der Waals surface area contributed by atoms with E-state index in [9.17, 15) is 18.0 Å². The zero-order chi connectivity index (χ0) is 14.9. The topological polar surface area (TPSA) is 55.1 Å². The van der Waals surface area contributed by atoms with Crippen LogP contribution in [0.25, 0.3) is 0 Å². The molecule has 0 radical (unpaired) electrons. The lowest BCUT2D eigenvalue weighted by atomic mass is 10.1. The largest absolute Gasteiger partial charge is 0.417 e. The van der Waals surface area contributed by atoms with Gasteiger partial charge in [-0.2, -0.15) is 13.2 Å². The molecule has 1 aliphatic rings. The maximum Gasteiger partial charge on any atom is 0.417 e. The van der Waals surface area contributed by atoms with E-state index >= 15 is 0 Å². The highest BCUT2D eigenvalue weighted by Gasteiger charge is 2.37. The first kappa shape index (κ1) is 14.8. The number of nitrogens with one attached hydrogen (secondary N) is 1. The average molecular weight is 302 g/mol. The molecule has 1 aromatic rings. The molecule has 0 aromatic heterocycles. The second-order valence-corrected chi connectivity index (χ2v) is 5.21. The van der Waals surface area contributed by atoms with E-state index in [4.69, 9.17) is 18.0 Å². The summed E-state index contributed by atoms with van der Waals surface area (Å²) in [7, 11) is 0. The Morgan fingerprint density at radius 2 is 1.95 bits per heavy atom. The molecule has 1 atom stereocenters. The van der Waals surface area contributed by atoms with E-state index in [-0.39, 0.29) is 10.9 Å². The first-order valence-corrected chi connectivity index (χ1v) is 6.48. The highest BCUT2D eigenvalue weighted by atomic mass is 32.1. The number of halogens is 3. The van der Waals surface area contributed by atoms with Crippen molar-refractivity contribution in [1.82, 2.24) is 5.32 Å². The van der Waals surface area contributed by atoms with Gasteiger partial charge >= 0.3 is 6.18 Å². The van der Waals surface area contributed by atoms with Gasteiger partial charge < -0.3 is 11.1 Å². The molecule has 1 aliphatic carbocycles. The summed E-state index contributed by atoms with van der Waals surface area (Å²) in [4.78, 5) is 12.1. The van der Waals surface area contributed by atoms with Crippen molar-refractivity contribution in [3.05, 3.63) is 35.4 Å². The molecule has 0 heterocycles. The zero-order valence-electron chi connectivity index (χ0n) is 10.4. The normalized spacial score (nSPS) is 16.6. The molecule has 3 nitrogen and oxygen atoms in total. The van der Waals surface area contributed by atoms with E-state index in [2.05, 4.69) is 5.32 Å². The third-order valence-corrected chi connectivity index (χ3v) is 3.42. The quantitative estimate of drug-likeness (QED) is 0.840. The van der Waals surface area contributed by atoms with E-state index in [0.29, 0.717) is 0 Å². The first-order chi connectivity index (χ1) is 9.30. The molecule has 0 spiro atoms. The standard InChI is InChI=1S/C13H13F3N2OS/c14-13(15,16)9-4-2-1-3-8(9)12(19)18-10(11(17)20)7-5-6-7/h1-4,7,10H,5-6H2,(H2,17,20)(H,18,19). The summed E-state index contributed by atoms with van der Waals surface area (Å²) in [6.45, 7) is 0. The Labute approximate surface area is 119 Å². The van der Waals surface area contributed by atoms with Crippen LogP contribution in [-0.4, -0.2) is 16.9 Å². The van der Waals surface area contributed by atoms with Gasteiger partial charge in [-0.3, -0.25) is 4.79 Å². The third-order valence-electron chi connectivity index (χ3n) is 3.16. The van der Waals surface area contributed by atoms with Gasteiger partial charge in [0.25, 0.3) is 5.91 Å². The molecule has 108 valence electrons. The molecule has 20 heavy (non-hydrogen) atoms. The van der Waals surface area contributed by atoms with Gasteiger partial charge in [0.15, 0.2) is 0 Å². The predicted molar refractivity (Wildman–Crippen MR) is 72.2 cm³/mol. The van der Waals surface area contributed by atoms with Crippen molar-refractivity contribution in [2.75, 3.05) is 0 Å². The number of alkyl halides is 3. The Morgan fingerprint density at radius 1 is 1.35 bits per heavy atom. The number of hydrogen-bond acceptors (Lipinski definition) is 2.